The Morgan fingerprint density at radius 1 is 1.33 bits per heavy atom. The van der Waals surface area contributed by atoms with Gasteiger partial charge in [0.15, 0.2) is 6.40 Å². The highest BCUT2D eigenvalue weighted by Crippen LogP contribution is 1.46. The number of hydrogen-bond donors (Lipinski definition) is 2. The monoisotopic (exact) mass is 134 g/mol. The lowest BCUT2D eigenvalue weighted by Crippen LogP contribution is -2.01. The summed E-state index contributed by atoms with van der Waals surface area (Å²) in [6, 6.07) is 0. The van der Waals surface area contributed by atoms with Crippen LogP contribution in [0.15, 0.2) is 0 Å². The Bertz CT molecular complexity index is 32.2. The van der Waals surface area contributed by atoms with Crippen molar-refractivity contribution in [1.82, 2.24) is 0 Å². The average Bonchev–Trinajstić information content (AvgIpc) is 1.98. The minimum atomic E-state index is 0.101. The molecule has 0 aliphatic rings. The fourth-order valence-electron chi connectivity index (χ4n) is 0.0481. The molecule has 0 aromatic rings. The van der Waals surface area contributed by atoms with Crippen LogP contribution in [0.1, 0.15) is 27.7 Å². The van der Waals surface area contributed by atoms with Crippen molar-refractivity contribution in [2.45, 2.75) is 27.7 Å². The van der Waals surface area contributed by atoms with Crippen LogP contribution in [0.2, 0.25) is 0 Å². The summed E-state index contributed by atoms with van der Waals surface area (Å²) in [5, 5.41) is 6.18. The molecule has 0 saturated heterocycles. The van der Waals surface area contributed by atoms with Crippen LogP contribution in [0.3, 0.4) is 0 Å². The molecule has 0 aliphatic carbocycles. The number of rotatable bonds is 2. The molecule has 0 fully saturated rings. The van der Waals surface area contributed by atoms with Gasteiger partial charge in [0.25, 0.3) is 0 Å². The zero-order valence-corrected chi connectivity index (χ0v) is 6.77. The molecule has 0 aromatic heterocycles. The van der Waals surface area contributed by atoms with Crippen molar-refractivity contribution in [3.63, 3.8) is 0 Å². The summed E-state index contributed by atoms with van der Waals surface area (Å²) < 4.78 is 4.15. The van der Waals surface area contributed by atoms with Crippen LogP contribution < -0.4 is 5.73 Å². The van der Waals surface area contributed by atoms with Gasteiger partial charge >= 0.3 is 0 Å². The van der Waals surface area contributed by atoms with E-state index in [1.54, 1.807) is 0 Å². The Labute approximate surface area is 57.7 Å². The fourth-order valence-corrected chi connectivity index (χ4v) is 0.0481. The largest absolute Gasteiger partial charge is 0.469 e. The van der Waals surface area contributed by atoms with Crippen molar-refractivity contribution in [1.29, 1.82) is 5.41 Å². The molecular formula is C6H18N2O. The molecule has 0 bridgehead atoms. The van der Waals surface area contributed by atoms with Crippen molar-refractivity contribution < 1.29 is 4.74 Å². The second-order valence-electron chi connectivity index (χ2n) is 0.451. The molecule has 0 radical (unpaired) electrons. The molecule has 0 heterocycles. The van der Waals surface area contributed by atoms with Gasteiger partial charge in [-0.25, -0.2) is 0 Å². The van der Waals surface area contributed by atoms with E-state index in [-0.39, 0.29) is 6.73 Å². The molecular weight excluding hydrogens is 116 g/mol. The first-order valence-corrected chi connectivity index (χ1v) is 3.22. The van der Waals surface area contributed by atoms with Crippen molar-refractivity contribution in [2.24, 2.45) is 5.73 Å². The highest BCUT2D eigenvalue weighted by molar-refractivity contribution is 5.40. The second-order valence-corrected chi connectivity index (χ2v) is 0.451. The third-order valence-electron chi connectivity index (χ3n) is 0.180. The summed E-state index contributed by atoms with van der Waals surface area (Å²) in [4.78, 5) is 0. The van der Waals surface area contributed by atoms with E-state index >= 15 is 0 Å². The van der Waals surface area contributed by atoms with Gasteiger partial charge in [-0.3, -0.25) is 11.1 Å². The Morgan fingerprint density at radius 2 is 1.67 bits per heavy atom. The zero-order chi connectivity index (χ0) is 8.12. The molecule has 9 heavy (non-hydrogen) atoms. The van der Waals surface area contributed by atoms with Gasteiger partial charge in [0.1, 0.15) is 6.73 Å². The predicted octanol–water partition coefficient (Wildman–Crippen LogP) is 1.58. The van der Waals surface area contributed by atoms with Crippen LogP contribution in [0.5, 0.6) is 0 Å². The van der Waals surface area contributed by atoms with Gasteiger partial charge in [-0.1, -0.05) is 27.7 Å². The second kappa shape index (κ2) is 52.0. The lowest BCUT2D eigenvalue weighted by atomic mass is 11.0. The first-order valence-electron chi connectivity index (χ1n) is 3.22. The van der Waals surface area contributed by atoms with Crippen molar-refractivity contribution >= 4 is 6.40 Å². The van der Waals surface area contributed by atoms with Crippen LogP contribution in [-0.4, -0.2) is 13.1 Å². The lowest BCUT2D eigenvalue weighted by Gasteiger charge is -1.83. The summed E-state index contributed by atoms with van der Waals surface area (Å²) in [6.45, 7) is 8.10. The van der Waals surface area contributed by atoms with E-state index in [4.69, 9.17) is 11.1 Å². The maximum atomic E-state index is 6.18. The van der Waals surface area contributed by atoms with E-state index < -0.39 is 0 Å². The van der Waals surface area contributed by atoms with E-state index in [1.165, 1.54) is 0 Å². The molecule has 0 spiro atoms. The Kier molecular flexibility index (Phi) is 91.2. The highest BCUT2D eigenvalue weighted by atomic mass is 16.5. The van der Waals surface area contributed by atoms with Crippen molar-refractivity contribution in [2.75, 3.05) is 6.73 Å². The van der Waals surface area contributed by atoms with Gasteiger partial charge in [0, 0.05) is 0 Å². The minimum Gasteiger partial charge on any atom is -0.469 e. The summed E-state index contributed by atoms with van der Waals surface area (Å²) in [5.74, 6) is 0. The maximum Gasteiger partial charge on any atom is 0.168 e. The molecule has 3 N–H and O–H groups in total. The molecule has 3 heteroatoms. The van der Waals surface area contributed by atoms with E-state index in [1.807, 2.05) is 27.7 Å². The Balaban J connectivity index is -0.0000000771. The highest BCUT2D eigenvalue weighted by Gasteiger charge is 1.56. The van der Waals surface area contributed by atoms with Crippen LogP contribution in [0.25, 0.3) is 0 Å². The Hall–Kier alpha value is -0.570. The summed E-state index contributed by atoms with van der Waals surface area (Å²) >= 11 is 0. The quantitative estimate of drug-likeness (QED) is 0.342. The zero-order valence-electron chi connectivity index (χ0n) is 6.77. The minimum absolute atomic E-state index is 0.101. The van der Waals surface area contributed by atoms with Gasteiger partial charge in [-0.15, -0.1) is 0 Å². The molecule has 0 atom stereocenters. The summed E-state index contributed by atoms with van der Waals surface area (Å²) in [5.41, 5.74) is 4.77. The van der Waals surface area contributed by atoms with Gasteiger partial charge in [-0.2, -0.15) is 0 Å². The number of nitrogens with two attached hydrogens (primary N) is 1. The number of nitrogens with one attached hydrogen (secondary N) is 1. The molecule has 0 saturated carbocycles. The molecule has 0 amide bonds. The molecule has 0 aliphatic heterocycles. The first kappa shape index (κ1) is 15.8. The van der Waals surface area contributed by atoms with E-state index in [9.17, 15) is 0 Å². The van der Waals surface area contributed by atoms with Crippen LogP contribution in [0.4, 0.5) is 0 Å². The number of hydrogen-bond acceptors (Lipinski definition) is 3. The van der Waals surface area contributed by atoms with Crippen molar-refractivity contribution in [3.8, 4) is 0 Å². The van der Waals surface area contributed by atoms with E-state index in [2.05, 4.69) is 4.74 Å². The van der Waals surface area contributed by atoms with Crippen molar-refractivity contribution in [3.05, 3.63) is 0 Å². The van der Waals surface area contributed by atoms with Crippen LogP contribution >= 0.6 is 0 Å². The van der Waals surface area contributed by atoms with E-state index in [0.29, 0.717) is 0 Å². The normalized spacial score (nSPS) is 5.00. The van der Waals surface area contributed by atoms with Gasteiger partial charge in [0.05, 0.1) is 0 Å². The van der Waals surface area contributed by atoms with E-state index in [0.717, 1.165) is 6.40 Å². The smallest absolute Gasteiger partial charge is 0.168 e. The topological polar surface area (TPSA) is 59.1 Å². The average molecular weight is 134 g/mol. The third kappa shape index (κ3) is 107. The first-order chi connectivity index (χ1) is 4.41. The van der Waals surface area contributed by atoms with Gasteiger partial charge in [-0.05, 0) is 0 Å². The molecule has 0 aromatic carbocycles. The number of ether oxygens (including phenoxy) is 1. The molecule has 0 unspecified atom stereocenters. The summed E-state index contributed by atoms with van der Waals surface area (Å²) in [7, 11) is 0. The van der Waals surface area contributed by atoms with Crippen LogP contribution in [-0.2, 0) is 4.74 Å². The third-order valence-corrected chi connectivity index (χ3v) is 0.180. The predicted molar refractivity (Wildman–Crippen MR) is 41.6 cm³/mol. The van der Waals surface area contributed by atoms with Gasteiger partial charge < -0.3 is 4.74 Å². The standard InChI is InChI=1S/C2H6N2O.2C2H6/c3-1-5-2-4;2*1-2/h1,3H,2,4H2;2*1-2H3. The molecule has 0 rings (SSSR count). The van der Waals surface area contributed by atoms with Gasteiger partial charge in [0.2, 0.25) is 0 Å². The van der Waals surface area contributed by atoms with Crippen LogP contribution in [0, 0.1) is 5.41 Å². The molecule has 3 nitrogen and oxygen atoms in total. The maximum absolute atomic E-state index is 6.18. The summed E-state index contributed by atoms with van der Waals surface area (Å²) in [6.07, 6.45) is 0.806. The lowest BCUT2D eigenvalue weighted by molar-refractivity contribution is 0.330. The fraction of sp³-hybridized carbons (Fsp3) is 0.833. The molecule has 58 valence electrons. The SMILES string of the molecule is CC.CC.N=COCN. The Morgan fingerprint density at radius 3 is 1.67 bits per heavy atom.